The van der Waals surface area contributed by atoms with E-state index in [1.165, 1.54) is 0 Å². The van der Waals surface area contributed by atoms with Gasteiger partial charge in [0.05, 0.1) is 11.3 Å². The van der Waals surface area contributed by atoms with Gasteiger partial charge < -0.3 is 20.9 Å². The third kappa shape index (κ3) is 5.13. The van der Waals surface area contributed by atoms with Crippen molar-refractivity contribution >= 4 is 51.9 Å². The van der Waals surface area contributed by atoms with Crippen LogP contribution in [0.25, 0.3) is 0 Å². The lowest BCUT2D eigenvalue weighted by Crippen LogP contribution is -2.43. The van der Waals surface area contributed by atoms with E-state index in [-0.39, 0.29) is 5.91 Å². The van der Waals surface area contributed by atoms with Crippen molar-refractivity contribution in [3.8, 4) is 0 Å². The van der Waals surface area contributed by atoms with Gasteiger partial charge in [0.1, 0.15) is 0 Å². The van der Waals surface area contributed by atoms with Crippen molar-refractivity contribution in [2.45, 2.75) is 6.92 Å². The molecule has 0 radical (unpaired) electrons. The normalized spacial score (nSPS) is 13.7. The van der Waals surface area contributed by atoms with Gasteiger partial charge in [-0.1, -0.05) is 29.3 Å². The monoisotopic (exact) mass is 454 g/mol. The number of carbonyl (C=O) groups is 1. The molecular weight excluding hydrogens is 431 g/mol. The van der Waals surface area contributed by atoms with Crippen LogP contribution in [0.2, 0.25) is 10.0 Å². The summed E-state index contributed by atoms with van der Waals surface area (Å²) in [5.41, 5.74) is 4.75. The van der Waals surface area contributed by atoms with Crippen molar-refractivity contribution in [1.82, 2.24) is 5.32 Å². The third-order valence-corrected chi connectivity index (χ3v) is 6.02. The standard InChI is InChI=1S/C24H24Cl2N4O/c1-16-21(26)3-2-4-22(16)29-23-10-5-17(25)15-20(23)24(31)28-18-6-8-19(9-7-18)30-13-11-27-12-14-30/h2-10,15,27,29H,11-14H2,1H3,(H,28,31). The van der Waals surface area contributed by atoms with Gasteiger partial charge in [-0.15, -0.1) is 0 Å². The number of halogens is 2. The minimum atomic E-state index is -0.236. The predicted octanol–water partition coefficient (Wildman–Crippen LogP) is 5.71. The second kappa shape index (κ2) is 9.60. The van der Waals surface area contributed by atoms with Crippen LogP contribution < -0.4 is 20.9 Å². The average Bonchev–Trinajstić information content (AvgIpc) is 2.79. The molecule has 0 unspecified atom stereocenters. The van der Waals surface area contributed by atoms with Gasteiger partial charge in [-0.05, 0) is 67.1 Å². The Morgan fingerprint density at radius 1 is 0.968 bits per heavy atom. The summed E-state index contributed by atoms with van der Waals surface area (Å²) in [4.78, 5) is 15.4. The van der Waals surface area contributed by atoms with Gasteiger partial charge in [0, 0.05) is 53.3 Å². The molecule has 0 atom stereocenters. The third-order valence-electron chi connectivity index (χ3n) is 5.37. The van der Waals surface area contributed by atoms with Crippen LogP contribution >= 0.6 is 23.2 Å². The van der Waals surface area contributed by atoms with E-state index in [9.17, 15) is 4.79 Å². The molecule has 1 aliphatic rings. The van der Waals surface area contributed by atoms with Crippen molar-refractivity contribution in [3.05, 3.63) is 81.8 Å². The average molecular weight is 455 g/mol. The Labute approximate surface area is 192 Å². The van der Waals surface area contributed by atoms with Crippen molar-refractivity contribution in [2.24, 2.45) is 0 Å². The quantitative estimate of drug-likeness (QED) is 0.462. The van der Waals surface area contributed by atoms with E-state index in [1.807, 2.05) is 49.4 Å². The lowest BCUT2D eigenvalue weighted by Gasteiger charge is -2.29. The van der Waals surface area contributed by atoms with Crippen molar-refractivity contribution in [1.29, 1.82) is 0 Å². The summed E-state index contributed by atoms with van der Waals surface area (Å²) in [6.07, 6.45) is 0. The number of nitrogens with zero attached hydrogens (tertiary/aromatic N) is 1. The maximum absolute atomic E-state index is 13.1. The predicted molar refractivity (Wildman–Crippen MR) is 130 cm³/mol. The molecule has 31 heavy (non-hydrogen) atoms. The Kier molecular flexibility index (Phi) is 6.66. The number of piperazine rings is 1. The molecule has 1 heterocycles. The van der Waals surface area contributed by atoms with Gasteiger partial charge >= 0.3 is 0 Å². The molecule has 3 aromatic carbocycles. The highest BCUT2D eigenvalue weighted by molar-refractivity contribution is 6.32. The van der Waals surface area contributed by atoms with Crippen LogP contribution in [0.5, 0.6) is 0 Å². The molecule has 4 rings (SSSR count). The molecule has 1 fully saturated rings. The molecule has 3 aromatic rings. The number of carbonyl (C=O) groups excluding carboxylic acids is 1. The maximum Gasteiger partial charge on any atom is 0.257 e. The van der Waals surface area contributed by atoms with Crippen LogP contribution in [0, 0.1) is 6.92 Å². The zero-order chi connectivity index (χ0) is 21.8. The lowest BCUT2D eigenvalue weighted by molar-refractivity contribution is 0.102. The lowest BCUT2D eigenvalue weighted by atomic mass is 10.1. The summed E-state index contributed by atoms with van der Waals surface area (Å²) in [7, 11) is 0. The van der Waals surface area contributed by atoms with Crippen molar-refractivity contribution < 1.29 is 4.79 Å². The smallest absolute Gasteiger partial charge is 0.257 e. The summed E-state index contributed by atoms with van der Waals surface area (Å²) < 4.78 is 0. The highest BCUT2D eigenvalue weighted by Gasteiger charge is 2.15. The van der Waals surface area contributed by atoms with Gasteiger partial charge in [0.15, 0.2) is 0 Å². The molecule has 0 spiro atoms. The SMILES string of the molecule is Cc1c(Cl)cccc1Nc1ccc(Cl)cc1C(=O)Nc1ccc(N2CCNCC2)cc1. The Morgan fingerprint density at radius 3 is 2.45 bits per heavy atom. The summed E-state index contributed by atoms with van der Waals surface area (Å²) in [6.45, 7) is 5.85. The van der Waals surface area contributed by atoms with E-state index >= 15 is 0 Å². The van der Waals surface area contributed by atoms with Crippen molar-refractivity contribution in [3.63, 3.8) is 0 Å². The summed E-state index contributed by atoms with van der Waals surface area (Å²) >= 11 is 12.4. The topological polar surface area (TPSA) is 56.4 Å². The molecule has 160 valence electrons. The summed E-state index contributed by atoms with van der Waals surface area (Å²) in [6, 6.07) is 18.8. The number of amides is 1. The van der Waals surface area contributed by atoms with E-state index in [1.54, 1.807) is 18.2 Å². The fraction of sp³-hybridized carbons (Fsp3) is 0.208. The maximum atomic E-state index is 13.1. The van der Waals surface area contributed by atoms with Gasteiger partial charge in [-0.25, -0.2) is 0 Å². The molecule has 0 aliphatic carbocycles. The molecule has 5 nitrogen and oxygen atoms in total. The minimum Gasteiger partial charge on any atom is -0.369 e. The van der Waals surface area contributed by atoms with Crippen LogP contribution in [-0.4, -0.2) is 32.1 Å². The first-order valence-electron chi connectivity index (χ1n) is 10.2. The van der Waals surface area contributed by atoms with E-state index in [0.717, 1.165) is 48.8 Å². The molecule has 0 bridgehead atoms. The fourth-order valence-electron chi connectivity index (χ4n) is 3.58. The second-order valence-electron chi connectivity index (χ2n) is 7.47. The minimum absolute atomic E-state index is 0.236. The van der Waals surface area contributed by atoms with Crippen LogP contribution in [-0.2, 0) is 0 Å². The Bertz CT molecular complexity index is 1080. The molecule has 7 heteroatoms. The van der Waals surface area contributed by atoms with Crippen LogP contribution in [0.4, 0.5) is 22.7 Å². The van der Waals surface area contributed by atoms with Crippen molar-refractivity contribution in [2.75, 3.05) is 41.7 Å². The van der Waals surface area contributed by atoms with E-state index < -0.39 is 0 Å². The highest BCUT2D eigenvalue weighted by atomic mass is 35.5. The number of hydrogen-bond donors (Lipinski definition) is 3. The second-order valence-corrected chi connectivity index (χ2v) is 8.31. The zero-order valence-electron chi connectivity index (χ0n) is 17.2. The fourth-order valence-corrected chi connectivity index (χ4v) is 3.92. The number of rotatable bonds is 5. The van der Waals surface area contributed by atoms with Gasteiger partial charge in [-0.2, -0.15) is 0 Å². The first-order chi connectivity index (χ1) is 15.0. The number of benzene rings is 3. The Balaban J connectivity index is 1.53. The zero-order valence-corrected chi connectivity index (χ0v) is 18.7. The largest absolute Gasteiger partial charge is 0.369 e. The van der Waals surface area contributed by atoms with Crippen LogP contribution in [0.15, 0.2) is 60.7 Å². The molecule has 0 aromatic heterocycles. The van der Waals surface area contributed by atoms with Gasteiger partial charge in [-0.3, -0.25) is 4.79 Å². The molecule has 1 amide bonds. The van der Waals surface area contributed by atoms with Crippen LogP contribution in [0.1, 0.15) is 15.9 Å². The van der Waals surface area contributed by atoms with Gasteiger partial charge in [0.2, 0.25) is 0 Å². The highest BCUT2D eigenvalue weighted by Crippen LogP contribution is 2.30. The van der Waals surface area contributed by atoms with E-state index in [4.69, 9.17) is 23.2 Å². The number of anilines is 4. The van der Waals surface area contributed by atoms with E-state index in [2.05, 4.69) is 20.9 Å². The molecule has 3 N–H and O–H groups in total. The Hall–Kier alpha value is -2.73. The molecule has 1 aliphatic heterocycles. The van der Waals surface area contributed by atoms with Crippen LogP contribution in [0.3, 0.4) is 0 Å². The number of hydrogen-bond acceptors (Lipinski definition) is 4. The molecular formula is C24H24Cl2N4O. The first-order valence-corrected chi connectivity index (χ1v) is 11.0. The summed E-state index contributed by atoms with van der Waals surface area (Å²) in [5.74, 6) is -0.236. The Morgan fingerprint density at radius 2 is 1.71 bits per heavy atom. The first kappa shape index (κ1) is 21.5. The molecule has 0 saturated carbocycles. The molecule has 1 saturated heterocycles. The number of nitrogens with one attached hydrogen (secondary N) is 3. The summed E-state index contributed by atoms with van der Waals surface area (Å²) in [5, 5.41) is 10.8. The van der Waals surface area contributed by atoms with Gasteiger partial charge in [0.25, 0.3) is 5.91 Å². The van der Waals surface area contributed by atoms with E-state index in [0.29, 0.717) is 21.3 Å².